The highest BCUT2D eigenvalue weighted by molar-refractivity contribution is 7.09. The molecule has 2 aromatic rings. The van der Waals surface area contributed by atoms with Crippen LogP contribution in [0.2, 0.25) is 0 Å². The van der Waals surface area contributed by atoms with Gasteiger partial charge in [-0.25, -0.2) is 4.98 Å². The highest BCUT2D eigenvalue weighted by Gasteiger charge is 2.22. The Balaban J connectivity index is 2.25. The summed E-state index contributed by atoms with van der Waals surface area (Å²) < 4.78 is 13.6. The van der Waals surface area contributed by atoms with E-state index in [9.17, 15) is 14.5 Å². The molecule has 0 aliphatic carbocycles. The Hall–Kier alpha value is -2.02. The highest BCUT2D eigenvalue weighted by atomic mass is 32.1. The first-order valence-corrected chi connectivity index (χ1v) is 7.43. The van der Waals surface area contributed by atoms with Gasteiger partial charge >= 0.3 is 5.69 Å². The zero-order chi connectivity index (χ0) is 15.6. The second-order valence-corrected chi connectivity index (χ2v) is 5.91. The van der Waals surface area contributed by atoms with Crippen LogP contribution in [0.4, 0.5) is 15.8 Å². The Labute approximate surface area is 126 Å². The van der Waals surface area contributed by atoms with E-state index in [2.05, 4.69) is 24.1 Å². The lowest BCUT2D eigenvalue weighted by Crippen LogP contribution is -2.09. The fraction of sp³-hybridized carbons (Fsp3) is 0.357. The van der Waals surface area contributed by atoms with Gasteiger partial charge in [-0.3, -0.25) is 10.1 Å². The summed E-state index contributed by atoms with van der Waals surface area (Å²) >= 11 is 1.55. The van der Waals surface area contributed by atoms with Gasteiger partial charge in [-0.2, -0.15) is 4.39 Å². The minimum Gasteiger partial charge on any atom is -0.371 e. The molecule has 0 aliphatic rings. The standard InChI is InChI=1S/C14H16FN3O2S/c1-8(2)14-17-12(7-21-14)9(3)16-11-6-4-5-10(15)13(11)18(19)20/h4-9,16H,1-3H3. The first-order chi connectivity index (χ1) is 9.90. The fourth-order valence-corrected chi connectivity index (χ4v) is 2.82. The van der Waals surface area contributed by atoms with Gasteiger partial charge in [-0.1, -0.05) is 19.9 Å². The fourth-order valence-electron chi connectivity index (χ4n) is 1.89. The summed E-state index contributed by atoms with van der Waals surface area (Å²) in [5, 5.41) is 16.9. The van der Waals surface area contributed by atoms with E-state index in [0.29, 0.717) is 5.92 Å². The maximum absolute atomic E-state index is 13.6. The van der Waals surface area contributed by atoms with E-state index in [1.54, 1.807) is 11.3 Å². The second kappa shape index (κ2) is 6.17. The molecular weight excluding hydrogens is 293 g/mol. The highest BCUT2D eigenvalue weighted by Crippen LogP contribution is 2.31. The predicted octanol–water partition coefficient (Wildman–Crippen LogP) is 4.49. The molecule has 1 aromatic heterocycles. The summed E-state index contributed by atoms with van der Waals surface area (Å²) in [4.78, 5) is 14.7. The number of benzene rings is 1. The van der Waals surface area contributed by atoms with Gasteiger partial charge in [0.05, 0.1) is 21.7 Å². The molecule has 2 rings (SSSR count). The van der Waals surface area contributed by atoms with Crippen molar-refractivity contribution in [2.45, 2.75) is 32.7 Å². The molecule has 7 heteroatoms. The monoisotopic (exact) mass is 309 g/mol. The van der Waals surface area contributed by atoms with Crippen molar-refractivity contribution in [1.29, 1.82) is 0 Å². The number of nitro benzene ring substituents is 1. The van der Waals surface area contributed by atoms with Crippen molar-refractivity contribution >= 4 is 22.7 Å². The molecule has 0 fully saturated rings. The third-order valence-electron chi connectivity index (χ3n) is 3.02. The third kappa shape index (κ3) is 3.36. The number of hydrogen-bond acceptors (Lipinski definition) is 5. The van der Waals surface area contributed by atoms with Crippen molar-refractivity contribution in [1.82, 2.24) is 4.98 Å². The van der Waals surface area contributed by atoms with E-state index in [0.717, 1.165) is 16.8 Å². The van der Waals surface area contributed by atoms with Gasteiger partial charge in [0.25, 0.3) is 0 Å². The first kappa shape index (κ1) is 15.4. The molecule has 0 amide bonds. The number of nitrogens with zero attached hydrogens (tertiary/aromatic N) is 2. The van der Waals surface area contributed by atoms with Crippen molar-refractivity contribution in [3.05, 3.63) is 50.2 Å². The summed E-state index contributed by atoms with van der Waals surface area (Å²) in [6.45, 7) is 5.95. The van der Waals surface area contributed by atoms with Gasteiger partial charge < -0.3 is 5.32 Å². The number of halogens is 1. The molecule has 21 heavy (non-hydrogen) atoms. The normalized spacial score (nSPS) is 12.4. The van der Waals surface area contributed by atoms with Gasteiger partial charge in [-0.15, -0.1) is 11.3 Å². The largest absolute Gasteiger partial charge is 0.371 e. The number of para-hydroxylation sites is 1. The number of anilines is 1. The second-order valence-electron chi connectivity index (χ2n) is 5.02. The molecule has 1 atom stereocenters. The van der Waals surface area contributed by atoms with Crippen LogP contribution in [0.15, 0.2) is 23.6 Å². The maximum atomic E-state index is 13.6. The Kier molecular flexibility index (Phi) is 4.52. The third-order valence-corrected chi connectivity index (χ3v) is 4.18. The lowest BCUT2D eigenvalue weighted by Gasteiger charge is -2.13. The molecule has 0 spiro atoms. The number of aromatic nitrogens is 1. The molecule has 0 saturated heterocycles. The summed E-state index contributed by atoms with van der Waals surface area (Å²) in [7, 11) is 0. The molecule has 0 bridgehead atoms. The van der Waals surface area contributed by atoms with Crippen LogP contribution in [0, 0.1) is 15.9 Å². The number of nitro groups is 1. The van der Waals surface area contributed by atoms with Crippen LogP contribution >= 0.6 is 11.3 Å². The maximum Gasteiger partial charge on any atom is 0.327 e. The summed E-state index contributed by atoms with van der Waals surface area (Å²) in [5.41, 5.74) is 0.414. The molecule has 0 radical (unpaired) electrons. The average Bonchev–Trinajstić information content (AvgIpc) is 2.88. The van der Waals surface area contributed by atoms with Crippen molar-refractivity contribution < 1.29 is 9.31 Å². The molecule has 1 N–H and O–H groups in total. The molecule has 0 aliphatic heterocycles. The summed E-state index contributed by atoms with van der Waals surface area (Å²) in [6, 6.07) is 3.77. The molecule has 5 nitrogen and oxygen atoms in total. The van der Waals surface area contributed by atoms with Crippen LogP contribution in [0.1, 0.15) is 43.4 Å². The molecular formula is C14H16FN3O2S. The van der Waals surface area contributed by atoms with E-state index in [1.165, 1.54) is 12.1 Å². The van der Waals surface area contributed by atoms with Crippen LogP contribution in [-0.4, -0.2) is 9.91 Å². The Morgan fingerprint density at radius 2 is 2.10 bits per heavy atom. The Bertz CT molecular complexity index is 657. The van der Waals surface area contributed by atoms with Gasteiger partial charge in [-0.05, 0) is 19.1 Å². The van der Waals surface area contributed by atoms with E-state index >= 15 is 0 Å². The molecule has 1 heterocycles. The minimum absolute atomic E-state index is 0.159. The van der Waals surface area contributed by atoms with Crippen molar-refractivity contribution in [2.75, 3.05) is 5.32 Å². The van der Waals surface area contributed by atoms with Crippen molar-refractivity contribution in [3.63, 3.8) is 0 Å². The van der Waals surface area contributed by atoms with Crippen molar-refractivity contribution in [3.8, 4) is 0 Å². The predicted molar refractivity (Wildman–Crippen MR) is 81.3 cm³/mol. The van der Waals surface area contributed by atoms with E-state index in [1.807, 2.05) is 12.3 Å². The summed E-state index contributed by atoms with van der Waals surface area (Å²) in [5.74, 6) is -0.516. The van der Waals surface area contributed by atoms with Crippen LogP contribution in [0.3, 0.4) is 0 Å². The topological polar surface area (TPSA) is 68.1 Å². The Morgan fingerprint density at radius 3 is 2.67 bits per heavy atom. The lowest BCUT2D eigenvalue weighted by molar-refractivity contribution is -0.386. The molecule has 1 unspecified atom stereocenters. The van der Waals surface area contributed by atoms with Crippen molar-refractivity contribution in [2.24, 2.45) is 0 Å². The van der Waals surface area contributed by atoms with Gasteiger partial charge in [0, 0.05) is 11.3 Å². The van der Waals surface area contributed by atoms with Gasteiger partial charge in [0.15, 0.2) is 0 Å². The zero-order valence-electron chi connectivity index (χ0n) is 12.0. The lowest BCUT2D eigenvalue weighted by atomic mass is 10.2. The average molecular weight is 309 g/mol. The molecule has 112 valence electrons. The van der Waals surface area contributed by atoms with Gasteiger partial charge in [0.2, 0.25) is 5.82 Å². The van der Waals surface area contributed by atoms with E-state index in [-0.39, 0.29) is 11.7 Å². The zero-order valence-corrected chi connectivity index (χ0v) is 12.8. The number of hydrogen-bond donors (Lipinski definition) is 1. The SMILES string of the molecule is CC(C)c1nc(C(C)Nc2cccc(F)c2[N+](=O)[O-])cs1. The quantitative estimate of drug-likeness (QED) is 0.653. The molecule has 0 saturated carbocycles. The number of nitrogens with one attached hydrogen (secondary N) is 1. The van der Waals surface area contributed by atoms with Crippen LogP contribution < -0.4 is 5.32 Å². The van der Waals surface area contributed by atoms with E-state index < -0.39 is 16.4 Å². The minimum atomic E-state index is -0.849. The van der Waals surface area contributed by atoms with Gasteiger partial charge in [0.1, 0.15) is 5.69 Å². The Morgan fingerprint density at radius 1 is 1.38 bits per heavy atom. The van der Waals surface area contributed by atoms with Crippen LogP contribution in [0.25, 0.3) is 0 Å². The summed E-state index contributed by atoms with van der Waals surface area (Å²) in [6.07, 6.45) is 0. The molecule has 1 aromatic carbocycles. The van der Waals surface area contributed by atoms with Crippen LogP contribution in [-0.2, 0) is 0 Å². The first-order valence-electron chi connectivity index (χ1n) is 6.55. The smallest absolute Gasteiger partial charge is 0.327 e. The number of thiazole rings is 1. The number of rotatable bonds is 5. The van der Waals surface area contributed by atoms with Crippen LogP contribution in [0.5, 0.6) is 0 Å². The van der Waals surface area contributed by atoms with E-state index in [4.69, 9.17) is 0 Å².